The number of carbonyl (C=O) groups excluding carboxylic acids is 3. The number of anilines is 1. The van der Waals surface area contributed by atoms with Crippen molar-refractivity contribution in [3.63, 3.8) is 0 Å². The fraction of sp³-hybridized carbons (Fsp3) is 0.417. The van der Waals surface area contributed by atoms with Gasteiger partial charge < -0.3 is 26.4 Å². The topological polar surface area (TPSA) is 217 Å². The van der Waals surface area contributed by atoms with Gasteiger partial charge in [0.1, 0.15) is 31.0 Å². The third kappa shape index (κ3) is 5.64. The third-order valence-corrected chi connectivity index (χ3v) is 5.47. The lowest BCUT2D eigenvalue weighted by Gasteiger charge is -2.43. The number of β-lactam (4-membered cyclic amide) rings is 1. The molecule has 1 aromatic heterocycles. The number of amides is 3. The van der Waals surface area contributed by atoms with Crippen LogP contribution in [0.5, 0.6) is 0 Å². The van der Waals surface area contributed by atoms with Crippen LogP contribution in [0.1, 0.15) is 5.69 Å². The lowest BCUT2D eigenvalue weighted by atomic mass is 9.99. The summed E-state index contributed by atoms with van der Waals surface area (Å²) in [6.45, 7) is -0.502. The van der Waals surface area contributed by atoms with E-state index < -0.39 is 46.9 Å². The number of alkyl halides is 1. The van der Waals surface area contributed by atoms with Gasteiger partial charge in [0, 0.05) is 9.81 Å². The molecular formula is C12H15IN6O8S2. The first-order valence-electron chi connectivity index (χ1n) is 7.57. The fourth-order valence-electron chi connectivity index (χ4n) is 2.25. The van der Waals surface area contributed by atoms with Crippen LogP contribution in [0.3, 0.4) is 0 Å². The molecule has 1 aliphatic heterocycles. The van der Waals surface area contributed by atoms with Crippen LogP contribution in [0.4, 0.5) is 9.93 Å². The molecule has 1 fully saturated rings. The van der Waals surface area contributed by atoms with Crippen LogP contribution in [0.25, 0.3) is 0 Å². The Kier molecular flexibility index (Phi) is 7.54. The van der Waals surface area contributed by atoms with Crippen molar-refractivity contribution in [1.82, 2.24) is 14.6 Å². The quantitative estimate of drug-likeness (QED) is 0.0518. The first-order valence-corrected chi connectivity index (χ1v) is 11.4. The van der Waals surface area contributed by atoms with Gasteiger partial charge in [-0.05, 0) is 0 Å². The van der Waals surface area contributed by atoms with Gasteiger partial charge in [-0.15, -0.1) is 11.3 Å². The fourth-order valence-corrected chi connectivity index (χ4v) is 3.86. The molecule has 0 saturated carbocycles. The number of rotatable bonds is 9. The van der Waals surface area contributed by atoms with Crippen LogP contribution < -0.4 is 16.8 Å². The molecule has 3 amide bonds. The van der Waals surface area contributed by atoms with E-state index in [1.165, 1.54) is 5.38 Å². The number of hydrogen-bond donors (Lipinski definition) is 4. The average Bonchev–Trinajstić information content (AvgIpc) is 3.04. The highest BCUT2D eigenvalue weighted by atomic mass is 127. The third-order valence-electron chi connectivity index (χ3n) is 3.40. The number of oxime groups is 1. The monoisotopic (exact) mass is 562 g/mol. The van der Waals surface area contributed by atoms with E-state index in [0.29, 0.717) is 4.43 Å². The number of carbonyl (C=O) groups is 3. The minimum absolute atomic E-state index is 0.0606. The van der Waals surface area contributed by atoms with Gasteiger partial charge in [0.2, 0.25) is 0 Å². The van der Waals surface area contributed by atoms with Crippen molar-refractivity contribution in [3.05, 3.63) is 11.1 Å². The zero-order chi connectivity index (χ0) is 21.8. The second kappa shape index (κ2) is 9.50. The van der Waals surface area contributed by atoms with E-state index in [9.17, 15) is 22.8 Å². The maximum absolute atomic E-state index is 12.6. The van der Waals surface area contributed by atoms with Crippen molar-refractivity contribution in [1.29, 1.82) is 0 Å². The van der Waals surface area contributed by atoms with Crippen LogP contribution in [-0.4, -0.2) is 75.6 Å². The summed E-state index contributed by atoms with van der Waals surface area (Å²) < 4.78 is 37.0. The van der Waals surface area contributed by atoms with E-state index >= 15 is 0 Å². The molecule has 0 spiro atoms. The summed E-state index contributed by atoms with van der Waals surface area (Å²) in [5.74, 6) is -2.08. The Morgan fingerprint density at radius 2 is 2.17 bits per heavy atom. The number of hydrogen-bond acceptors (Lipinski definition) is 11. The second-order valence-electron chi connectivity index (χ2n) is 5.29. The minimum atomic E-state index is -4.95. The lowest BCUT2D eigenvalue weighted by molar-refractivity contribution is -0.146. The SMILES string of the molecule is NC(=O)OC[C@@H]1[C@H](NC(=O)/C(=N/OCCI)c2csc(N)n2)C(=O)N1S(=O)(=O)O. The maximum atomic E-state index is 12.6. The Bertz CT molecular complexity index is 935. The number of nitrogen functional groups attached to an aromatic ring is 1. The molecule has 2 rings (SSSR count). The summed E-state index contributed by atoms with van der Waals surface area (Å²) in [4.78, 5) is 44.4. The molecule has 6 N–H and O–H groups in total. The van der Waals surface area contributed by atoms with Crippen molar-refractivity contribution in [2.75, 3.05) is 23.4 Å². The molecule has 29 heavy (non-hydrogen) atoms. The molecule has 2 heterocycles. The molecule has 0 aromatic carbocycles. The molecular weight excluding hydrogens is 547 g/mol. The zero-order valence-corrected chi connectivity index (χ0v) is 18.1. The van der Waals surface area contributed by atoms with Crippen LogP contribution in [0, 0.1) is 0 Å². The van der Waals surface area contributed by atoms with Crippen LogP contribution in [-0.2, 0) is 29.5 Å². The van der Waals surface area contributed by atoms with Gasteiger partial charge in [-0.1, -0.05) is 27.7 Å². The van der Waals surface area contributed by atoms with Crippen molar-refractivity contribution < 1.29 is 36.9 Å². The van der Waals surface area contributed by atoms with Gasteiger partial charge in [-0.2, -0.15) is 8.42 Å². The standard InChI is InChI=1S/C12H15IN6O8S2/c13-1-2-27-18-7(5-4-28-11(14)16-5)9(20)17-8-6(3-26-12(15)22)19(10(8)21)29(23,24)25/h4,6,8H,1-3H2,(H2,14,16)(H2,15,22)(H,17,20)(H,23,24,25)/b18-7+/t6-,8+/m1/s1. The normalized spacial score (nSPS) is 19.4. The molecule has 1 saturated heterocycles. The lowest BCUT2D eigenvalue weighted by Crippen LogP contribution is -2.73. The largest absolute Gasteiger partial charge is 0.447 e. The van der Waals surface area contributed by atoms with Crippen LogP contribution in [0.15, 0.2) is 10.5 Å². The van der Waals surface area contributed by atoms with Gasteiger partial charge in [0.15, 0.2) is 10.8 Å². The van der Waals surface area contributed by atoms with Gasteiger partial charge >= 0.3 is 16.4 Å². The first kappa shape index (κ1) is 23.0. The van der Waals surface area contributed by atoms with Gasteiger partial charge in [-0.3, -0.25) is 14.1 Å². The van der Waals surface area contributed by atoms with E-state index in [4.69, 9.17) is 20.9 Å². The Balaban J connectivity index is 2.23. The summed E-state index contributed by atoms with van der Waals surface area (Å²) in [6, 6.07) is -2.86. The first-order chi connectivity index (χ1) is 13.6. The summed E-state index contributed by atoms with van der Waals surface area (Å²) in [5.41, 5.74) is 10.1. The Morgan fingerprint density at radius 1 is 1.48 bits per heavy atom. The van der Waals surface area contributed by atoms with E-state index in [1.54, 1.807) is 0 Å². The minimum Gasteiger partial charge on any atom is -0.447 e. The average molecular weight is 562 g/mol. The number of nitrogens with zero attached hydrogens (tertiary/aromatic N) is 3. The number of nitrogens with one attached hydrogen (secondary N) is 1. The number of primary amides is 1. The highest BCUT2D eigenvalue weighted by Gasteiger charge is 2.54. The number of thiazole rings is 1. The van der Waals surface area contributed by atoms with Crippen molar-refractivity contribution in [2.24, 2.45) is 10.9 Å². The summed E-state index contributed by atoms with van der Waals surface area (Å²) >= 11 is 3.06. The Labute approximate surface area is 181 Å². The van der Waals surface area contributed by atoms with Crippen molar-refractivity contribution >= 4 is 73.0 Å². The maximum Gasteiger partial charge on any atom is 0.404 e. The predicted molar refractivity (Wildman–Crippen MR) is 108 cm³/mol. The highest BCUT2D eigenvalue weighted by Crippen LogP contribution is 2.24. The Hall–Kier alpha value is -2.25. The van der Waals surface area contributed by atoms with Crippen molar-refractivity contribution in [2.45, 2.75) is 12.1 Å². The van der Waals surface area contributed by atoms with Gasteiger partial charge in [0.25, 0.3) is 11.8 Å². The van der Waals surface area contributed by atoms with Gasteiger partial charge in [0.05, 0.1) is 0 Å². The van der Waals surface area contributed by atoms with E-state index in [0.717, 1.165) is 11.3 Å². The molecule has 1 aromatic rings. The molecule has 0 aliphatic carbocycles. The molecule has 0 radical (unpaired) electrons. The van der Waals surface area contributed by atoms with Gasteiger partial charge in [-0.25, -0.2) is 14.1 Å². The number of halogens is 1. The zero-order valence-electron chi connectivity index (χ0n) is 14.3. The molecule has 0 unspecified atom stereocenters. The summed E-state index contributed by atoms with van der Waals surface area (Å²) in [5, 5.41) is 7.53. The molecule has 160 valence electrons. The van der Waals surface area contributed by atoms with Crippen molar-refractivity contribution in [3.8, 4) is 0 Å². The molecule has 14 nitrogen and oxygen atoms in total. The summed E-state index contributed by atoms with van der Waals surface area (Å²) in [7, 11) is -4.95. The smallest absolute Gasteiger partial charge is 0.404 e. The van der Waals surface area contributed by atoms with Crippen LogP contribution >= 0.6 is 33.9 Å². The van der Waals surface area contributed by atoms with Crippen LogP contribution in [0.2, 0.25) is 0 Å². The molecule has 2 atom stereocenters. The summed E-state index contributed by atoms with van der Waals surface area (Å²) in [6.07, 6.45) is -1.24. The van der Waals surface area contributed by atoms with E-state index in [-0.39, 0.29) is 27.4 Å². The van der Waals surface area contributed by atoms with E-state index in [2.05, 4.69) is 20.2 Å². The van der Waals surface area contributed by atoms with E-state index in [1.807, 2.05) is 22.6 Å². The Morgan fingerprint density at radius 3 is 2.69 bits per heavy atom. The second-order valence-corrected chi connectivity index (χ2v) is 8.55. The molecule has 17 heteroatoms. The number of aromatic nitrogens is 1. The predicted octanol–water partition coefficient (Wildman–Crippen LogP) is -1.53. The number of ether oxygens (including phenoxy) is 1. The molecule has 1 aliphatic rings. The molecule has 0 bridgehead atoms. The highest BCUT2D eigenvalue weighted by molar-refractivity contribution is 14.1. The number of nitrogens with two attached hydrogens (primary N) is 2.